The Hall–Kier alpha value is -3.22. The van der Waals surface area contributed by atoms with E-state index in [0.717, 1.165) is 5.69 Å². The van der Waals surface area contributed by atoms with Crippen molar-refractivity contribution < 1.29 is 18.8 Å². The third-order valence-electron chi connectivity index (χ3n) is 4.96. The smallest absolute Gasteiger partial charge is 0.288 e. The molecule has 2 amide bonds. The number of Topliss-reactive ketones (excluding diaryl/α,β-unsaturated/α-hetero) is 1. The molecule has 0 unspecified atom stereocenters. The average molecular weight is 397 g/mol. The van der Waals surface area contributed by atoms with Gasteiger partial charge in [-0.2, -0.15) is 0 Å². The Morgan fingerprint density at radius 1 is 1.00 bits per heavy atom. The van der Waals surface area contributed by atoms with Crippen LogP contribution < -0.4 is 10.2 Å². The summed E-state index contributed by atoms with van der Waals surface area (Å²) in [6.45, 7) is 4.30. The molecule has 1 fully saturated rings. The number of aryl methyl sites for hydroxylation is 1. The number of nitrogens with zero attached hydrogens (tertiary/aromatic N) is 2. The summed E-state index contributed by atoms with van der Waals surface area (Å²) >= 11 is 0. The molecular weight excluding hydrogens is 373 g/mol. The van der Waals surface area contributed by atoms with Crippen LogP contribution in [0.15, 0.2) is 48.5 Å². The van der Waals surface area contributed by atoms with Gasteiger partial charge in [-0.05, 0) is 36.2 Å². The van der Waals surface area contributed by atoms with E-state index < -0.39 is 17.5 Å². The monoisotopic (exact) mass is 397 g/mol. The Balaban J connectivity index is 1.44. The first-order valence-corrected chi connectivity index (χ1v) is 9.58. The Morgan fingerprint density at radius 2 is 1.72 bits per heavy atom. The quantitative estimate of drug-likeness (QED) is 0.754. The zero-order valence-corrected chi connectivity index (χ0v) is 16.4. The maximum absolute atomic E-state index is 13.6. The summed E-state index contributed by atoms with van der Waals surface area (Å²) in [4.78, 5) is 40.2. The van der Waals surface area contributed by atoms with Gasteiger partial charge >= 0.3 is 0 Å². The van der Waals surface area contributed by atoms with Crippen LogP contribution in [0.4, 0.5) is 10.1 Å². The second kappa shape index (κ2) is 9.32. The van der Waals surface area contributed by atoms with Crippen LogP contribution in [0.25, 0.3) is 0 Å². The fourth-order valence-corrected chi connectivity index (χ4v) is 3.30. The molecule has 0 radical (unpaired) electrons. The van der Waals surface area contributed by atoms with E-state index in [2.05, 4.69) is 16.3 Å². The molecule has 1 aliphatic rings. The summed E-state index contributed by atoms with van der Waals surface area (Å²) in [5.74, 6) is -2.41. The Labute approximate surface area is 169 Å². The molecule has 0 atom stereocenters. The predicted molar refractivity (Wildman–Crippen MR) is 108 cm³/mol. The van der Waals surface area contributed by atoms with Gasteiger partial charge in [-0.25, -0.2) is 4.39 Å². The number of hydrogen-bond acceptors (Lipinski definition) is 4. The molecule has 7 heteroatoms. The van der Waals surface area contributed by atoms with Crippen LogP contribution in [0.3, 0.4) is 0 Å². The highest BCUT2D eigenvalue weighted by Crippen LogP contribution is 2.17. The van der Waals surface area contributed by atoms with Crippen molar-refractivity contribution in [2.75, 3.05) is 37.6 Å². The topological polar surface area (TPSA) is 69.7 Å². The number of benzene rings is 2. The highest BCUT2D eigenvalue weighted by atomic mass is 19.1. The molecule has 1 aliphatic heterocycles. The van der Waals surface area contributed by atoms with Gasteiger partial charge in [0.25, 0.3) is 5.91 Å². The molecule has 6 nitrogen and oxygen atoms in total. The van der Waals surface area contributed by atoms with Gasteiger partial charge in [-0.1, -0.05) is 30.3 Å². The van der Waals surface area contributed by atoms with Crippen molar-refractivity contribution >= 4 is 23.3 Å². The minimum Gasteiger partial charge on any atom is -0.368 e. The zero-order valence-electron chi connectivity index (χ0n) is 16.4. The van der Waals surface area contributed by atoms with Gasteiger partial charge in [-0.3, -0.25) is 14.4 Å². The van der Waals surface area contributed by atoms with Crippen LogP contribution in [0.2, 0.25) is 0 Å². The summed E-state index contributed by atoms with van der Waals surface area (Å²) in [7, 11) is 0. The van der Waals surface area contributed by atoms with Gasteiger partial charge in [0.2, 0.25) is 11.7 Å². The average Bonchev–Trinajstić information content (AvgIpc) is 2.73. The van der Waals surface area contributed by atoms with Gasteiger partial charge in [-0.15, -0.1) is 0 Å². The number of hydrogen-bond donors (Lipinski definition) is 1. The normalized spacial score (nSPS) is 13.9. The molecule has 0 spiro atoms. The minimum atomic E-state index is -0.875. The van der Waals surface area contributed by atoms with Crippen molar-refractivity contribution in [3.05, 3.63) is 65.5 Å². The lowest BCUT2D eigenvalue weighted by Gasteiger charge is -2.36. The second-order valence-corrected chi connectivity index (χ2v) is 7.08. The van der Waals surface area contributed by atoms with Crippen molar-refractivity contribution in [1.82, 2.24) is 10.2 Å². The first-order chi connectivity index (χ1) is 13.9. The highest BCUT2D eigenvalue weighted by Gasteiger charge is 2.23. The standard InChI is InChI=1S/C22H24FN3O3/c1-16-5-4-7-18(13-16)25-9-11-26(12-10-25)21(28)15-24-22(29)20(27)14-17-6-2-3-8-19(17)23/h2-8,13H,9-12,14-15H2,1H3,(H,24,29). The van der Waals surface area contributed by atoms with E-state index in [4.69, 9.17) is 0 Å². The molecule has 0 saturated carbocycles. The van der Waals surface area contributed by atoms with Gasteiger partial charge in [0, 0.05) is 38.3 Å². The van der Waals surface area contributed by atoms with Gasteiger partial charge < -0.3 is 15.1 Å². The largest absolute Gasteiger partial charge is 0.368 e. The predicted octanol–water partition coefficient (Wildman–Crippen LogP) is 1.71. The molecule has 0 aromatic heterocycles. The first-order valence-electron chi connectivity index (χ1n) is 9.58. The number of anilines is 1. The number of ketones is 1. The lowest BCUT2D eigenvalue weighted by atomic mass is 10.1. The van der Waals surface area contributed by atoms with E-state index in [1.165, 1.54) is 23.8 Å². The SMILES string of the molecule is Cc1cccc(N2CCN(C(=O)CNC(=O)C(=O)Cc3ccccc3F)CC2)c1. The number of piperazine rings is 1. The van der Waals surface area contributed by atoms with Crippen LogP contribution in [0.1, 0.15) is 11.1 Å². The highest BCUT2D eigenvalue weighted by molar-refractivity contribution is 6.36. The Morgan fingerprint density at radius 3 is 2.41 bits per heavy atom. The number of carbonyl (C=O) groups excluding carboxylic acids is 3. The molecular formula is C22H24FN3O3. The van der Waals surface area contributed by atoms with Gasteiger partial charge in [0.05, 0.1) is 6.54 Å². The molecule has 2 aromatic rings. The molecule has 152 valence electrons. The molecule has 1 heterocycles. The van der Waals surface area contributed by atoms with Crippen LogP contribution in [0, 0.1) is 12.7 Å². The van der Waals surface area contributed by atoms with Crippen LogP contribution in [0.5, 0.6) is 0 Å². The van der Waals surface area contributed by atoms with Crippen molar-refractivity contribution in [3.63, 3.8) is 0 Å². The van der Waals surface area contributed by atoms with Crippen molar-refractivity contribution in [2.45, 2.75) is 13.3 Å². The summed E-state index contributed by atoms with van der Waals surface area (Å²) < 4.78 is 13.6. The second-order valence-electron chi connectivity index (χ2n) is 7.08. The molecule has 3 rings (SSSR count). The lowest BCUT2D eigenvalue weighted by Crippen LogP contribution is -2.51. The number of rotatable bonds is 6. The van der Waals surface area contributed by atoms with E-state index in [9.17, 15) is 18.8 Å². The maximum Gasteiger partial charge on any atom is 0.288 e. The molecule has 0 aliphatic carbocycles. The van der Waals surface area contributed by atoms with Crippen molar-refractivity contribution in [1.29, 1.82) is 0 Å². The summed E-state index contributed by atoms with van der Waals surface area (Å²) in [6, 6.07) is 14.0. The molecule has 29 heavy (non-hydrogen) atoms. The zero-order chi connectivity index (χ0) is 20.8. The Kier molecular flexibility index (Phi) is 6.59. The van der Waals surface area contributed by atoms with Crippen LogP contribution in [-0.2, 0) is 20.8 Å². The molecule has 1 N–H and O–H groups in total. The fourth-order valence-electron chi connectivity index (χ4n) is 3.30. The van der Waals surface area contributed by atoms with Crippen LogP contribution in [-0.4, -0.2) is 55.2 Å². The summed E-state index contributed by atoms with van der Waals surface area (Å²) in [5.41, 5.74) is 2.47. The number of halogens is 1. The van der Waals surface area contributed by atoms with Gasteiger partial charge in [0.1, 0.15) is 5.82 Å². The Bertz CT molecular complexity index is 908. The fraction of sp³-hybridized carbons (Fsp3) is 0.318. The summed E-state index contributed by atoms with van der Waals surface area (Å²) in [5, 5.41) is 2.35. The number of carbonyl (C=O) groups is 3. The van der Waals surface area contributed by atoms with E-state index in [1.807, 2.05) is 25.1 Å². The third-order valence-corrected chi connectivity index (χ3v) is 4.96. The molecule has 1 saturated heterocycles. The third kappa shape index (κ3) is 5.40. The van der Waals surface area contributed by atoms with Gasteiger partial charge in [0.15, 0.2) is 0 Å². The van der Waals surface area contributed by atoms with E-state index in [0.29, 0.717) is 26.2 Å². The van der Waals surface area contributed by atoms with E-state index >= 15 is 0 Å². The van der Waals surface area contributed by atoms with E-state index in [-0.39, 0.29) is 24.4 Å². The lowest BCUT2D eigenvalue weighted by molar-refractivity contribution is -0.139. The molecule has 2 aromatic carbocycles. The maximum atomic E-state index is 13.6. The number of nitrogens with one attached hydrogen (secondary N) is 1. The molecule has 0 bridgehead atoms. The van der Waals surface area contributed by atoms with E-state index in [1.54, 1.807) is 11.0 Å². The van der Waals surface area contributed by atoms with Crippen molar-refractivity contribution in [2.24, 2.45) is 0 Å². The first kappa shape index (κ1) is 20.5. The van der Waals surface area contributed by atoms with Crippen molar-refractivity contribution in [3.8, 4) is 0 Å². The van der Waals surface area contributed by atoms with Crippen LogP contribution >= 0.6 is 0 Å². The number of amides is 2. The minimum absolute atomic E-state index is 0.159. The summed E-state index contributed by atoms with van der Waals surface area (Å²) in [6.07, 6.45) is -0.331.